The fourth-order valence-electron chi connectivity index (χ4n) is 2.02. The number of rotatable bonds is 4. The van der Waals surface area contributed by atoms with Crippen LogP contribution < -0.4 is 4.72 Å². The molecule has 1 heterocycles. The molecule has 0 bridgehead atoms. The number of aromatic nitrogens is 2. The van der Waals surface area contributed by atoms with Gasteiger partial charge in [-0.15, -0.1) is 0 Å². The summed E-state index contributed by atoms with van der Waals surface area (Å²) in [6, 6.07) is 3.64. The number of alkyl halides is 3. The fraction of sp³-hybridized carbons (Fsp3) is 0.308. The summed E-state index contributed by atoms with van der Waals surface area (Å²) in [5.74, 6) is -1.07. The molecule has 0 fully saturated rings. The largest absolute Gasteiger partial charge is 0.416 e. The maximum Gasteiger partial charge on any atom is 0.416 e. The van der Waals surface area contributed by atoms with Crippen LogP contribution in [0.4, 0.5) is 23.2 Å². The maximum atomic E-state index is 14.1. The van der Waals surface area contributed by atoms with Gasteiger partial charge in [-0.05, 0) is 32.0 Å². The number of hydrogen-bond acceptors (Lipinski definition) is 3. The monoisotopic (exact) mass is 351 g/mol. The Bertz CT molecular complexity index is 828. The highest BCUT2D eigenvalue weighted by atomic mass is 32.2. The van der Waals surface area contributed by atoms with Gasteiger partial charge in [-0.2, -0.15) is 22.7 Å². The molecule has 23 heavy (non-hydrogen) atoms. The summed E-state index contributed by atoms with van der Waals surface area (Å²) in [6.07, 6.45) is -4.62. The lowest BCUT2D eigenvalue weighted by atomic mass is 10.2. The molecule has 1 N–H and O–H groups in total. The van der Waals surface area contributed by atoms with Crippen LogP contribution in [0.15, 0.2) is 29.2 Å². The summed E-state index contributed by atoms with van der Waals surface area (Å²) in [5, 5.41) is 3.74. The summed E-state index contributed by atoms with van der Waals surface area (Å²) in [7, 11) is -4.40. The van der Waals surface area contributed by atoms with Crippen LogP contribution in [-0.2, 0) is 22.7 Å². The Kier molecular flexibility index (Phi) is 4.38. The van der Waals surface area contributed by atoms with Crippen molar-refractivity contribution in [3.63, 3.8) is 0 Å². The average Bonchev–Trinajstić information content (AvgIpc) is 2.72. The number of anilines is 1. The predicted octanol–water partition coefficient (Wildman–Crippen LogP) is 3.17. The molecule has 0 amide bonds. The standard InChI is InChI=1S/C13H13F4N3O2S/c1-3-20-12(14)11(8(2)18-20)23(21,22)19-10-6-4-5-9(7-10)13(15,16)17/h4-7,19H,3H2,1-2H3. The quantitative estimate of drug-likeness (QED) is 0.861. The van der Waals surface area contributed by atoms with Crippen molar-refractivity contribution in [3.8, 4) is 0 Å². The van der Waals surface area contributed by atoms with Gasteiger partial charge in [0.25, 0.3) is 10.0 Å². The van der Waals surface area contributed by atoms with Crippen molar-refractivity contribution in [2.75, 3.05) is 4.72 Å². The second-order valence-corrected chi connectivity index (χ2v) is 6.32. The molecule has 0 unspecified atom stereocenters. The molecule has 0 aliphatic heterocycles. The zero-order chi connectivity index (χ0) is 17.4. The van der Waals surface area contributed by atoms with Crippen LogP contribution in [0.1, 0.15) is 18.2 Å². The van der Waals surface area contributed by atoms with E-state index >= 15 is 0 Å². The van der Waals surface area contributed by atoms with E-state index in [-0.39, 0.29) is 17.9 Å². The zero-order valence-electron chi connectivity index (χ0n) is 12.1. The molecule has 1 aromatic heterocycles. The summed E-state index contributed by atoms with van der Waals surface area (Å²) < 4.78 is 79.3. The van der Waals surface area contributed by atoms with Crippen molar-refractivity contribution in [1.29, 1.82) is 0 Å². The van der Waals surface area contributed by atoms with Crippen molar-refractivity contribution >= 4 is 15.7 Å². The highest BCUT2D eigenvalue weighted by molar-refractivity contribution is 7.92. The van der Waals surface area contributed by atoms with Crippen LogP contribution in [0.2, 0.25) is 0 Å². The Morgan fingerprint density at radius 1 is 1.30 bits per heavy atom. The molecule has 0 saturated heterocycles. The van der Waals surface area contributed by atoms with Gasteiger partial charge < -0.3 is 0 Å². The molecule has 0 radical (unpaired) electrons. The number of nitrogens with zero attached hydrogens (tertiary/aromatic N) is 2. The SMILES string of the molecule is CCn1nc(C)c(S(=O)(=O)Nc2cccc(C(F)(F)F)c2)c1F. The smallest absolute Gasteiger partial charge is 0.279 e. The highest BCUT2D eigenvalue weighted by Crippen LogP contribution is 2.31. The fourth-order valence-corrected chi connectivity index (χ4v) is 3.31. The van der Waals surface area contributed by atoms with Crippen LogP contribution in [0.25, 0.3) is 0 Å². The lowest BCUT2D eigenvalue weighted by Gasteiger charge is -2.11. The van der Waals surface area contributed by atoms with Gasteiger partial charge in [0, 0.05) is 12.2 Å². The first-order chi connectivity index (χ1) is 10.6. The van der Waals surface area contributed by atoms with E-state index in [9.17, 15) is 26.0 Å². The summed E-state index contributed by atoms with van der Waals surface area (Å²) in [4.78, 5) is -0.684. The van der Waals surface area contributed by atoms with Crippen molar-refractivity contribution in [2.45, 2.75) is 31.5 Å². The summed E-state index contributed by atoms with van der Waals surface area (Å²) >= 11 is 0. The van der Waals surface area contributed by atoms with Gasteiger partial charge in [-0.1, -0.05) is 6.07 Å². The van der Waals surface area contributed by atoms with Crippen molar-refractivity contribution in [2.24, 2.45) is 0 Å². The van der Waals surface area contributed by atoms with Gasteiger partial charge >= 0.3 is 6.18 Å². The van der Waals surface area contributed by atoms with Crippen LogP contribution in [-0.4, -0.2) is 18.2 Å². The van der Waals surface area contributed by atoms with E-state index in [4.69, 9.17) is 0 Å². The Morgan fingerprint density at radius 2 is 1.96 bits per heavy atom. The number of nitrogens with one attached hydrogen (secondary N) is 1. The molecule has 0 aliphatic rings. The molecular weight excluding hydrogens is 338 g/mol. The van der Waals surface area contributed by atoms with E-state index in [2.05, 4.69) is 5.10 Å². The highest BCUT2D eigenvalue weighted by Gasteiger charge is 2.31. The van der Waals surface area contributed by atoms with E-state index < -0.39 is 32.6 Å². The maximum absolute atomic E-state index is 14.1. The number of hydrogen-bond donors (Lipinski definition) is 1. The topological polar surface area (TPSA) is 64.0 Å². The van der Waals surface area contributed by atoms with Gasteiger partial charge in [0.1, 0.15) is 0 Å². The summed E-state index contributed by atoms with van der Waals surface area (Å²) in [6.45, 7) is 2.99. The van der Waals surface area contributed by atoms with Crippen molar-refractivity contribution in [1.82, 2.24) is 9.78 Å². The lowest BCUT2D eigenvalue weighted by molar-refractivity contribution is -0.137. The van der Waals surface area contributed by atoms with Gasteiger partial charge in [0.05, 0.1) is 11.3 Å². The molecule has 2 aromatic rings. The molecule has 10 heteroatoms. The van der Waals surface area contributed by atoms with Crippen molar-refractivity contribution in [3.05, 3.63) is 41.5 Å². The molecule has 1 aromatic carbocycles. The first-order valence-electron chi connectivity index (χ1n) is 6.49. The van der Waals surface area contributed by atoms with Gasteiger partial charge in [0.2, 0.25) is 5.95 Å². The number of sulfonamides is 1. The first kappa shape index (κ1) is 17.3. The second kappa shape index (κ2) is 5.84. The van der Waals surface area contributed by atoms with E-state index in [1.165, 1.54) is 6.92 Å². The molecule has 0 spiro atoms. The average molecular weight is 351 g/mol. The van der Waals surface area contributed by atoms with Crippen LogP contribution in [0.3, 0.4) is 0 Å². The molecule has 0 atom stereocenters. The third kappa shape index (κ3) is 3.46. The number of halogens is 4. The molecule has 0 saturated carbocycles. The minimum Gasteiger partial charge on any atom is -0.279 e. The number of benzene rings is 1. The Balaban J connectivity index is 2.42. The first-order valence-corrected chi connectivity index (χ1v) is 7.97. The molecule has 2 rings (SSSR count). The minimum atomic E-state index is -4.62. The summed E-state index contributed by atoms with van der Waals surface area (Å²) in [5.41, 5.74) is -1.41. The van der Waals surface area contributed by atoms with Crippen LogP contribution in [0, 0.1) is 12.9 Å². The Hall–Kier alpha value is -2.10. The lowest BCUT2D eigenvalue weighted by Crippen LogP contribution is -2.16. The number of aryl methyl sites for hydroxylation is 2. The zero-order valence-corrected chi connectivity index (χ0v) is 13.0. The molecular formula is C13H13F4N3O2S. The second-order valence-electron chi connectivity index (χ2n) is 4.71. The van der Waals surface area contributed by atoms with E-state index in [1.54, 1.807) is 6.92 Å². The van der Waals surface area contributed by atoms with E-state index in [1.807, 2.05) is 4.72 Å². The van der Waals surface area contributed by atoms with Gasteiger partial charge in [-0.3, -0.25) is 4.72 Å². The van der Waals surface area contributed by atoms with Gasteiger partial charge in [0.15, 0.2) is 4.90 Å². The minimum absolute atomic E-state index is 0.0798. The third-order valence-corrected chi connectivity index (χ3v) is 4.53. The van der Waals surface area contributed by atoms with Crippen molar-refractivity contribution < 1.29 is 26.0 Å². The predicted molar refractivity (Wildman–Crippen MR) is 74.8 cm³/mol. The van der Waals surface area contributed by atoms with E-state index in [0.717, 1.165) is 22.9 Å². The van der Waals surface area contributed by atoms with Crippen LogP contribution in [0.5, 0.6) is 0 Å². The molecule has 126 valence electrons. The Labute approximate surface area is 130 Å². The van der Waals surface area contributed by atoms with E-state index in [0.29, 0.717) is 6.07 Å². The molecule has 5 nitrogen and oxygen atoms in total. The van der Waals surface area contributed by atoms with Crippen LogP contribution >= 0.6 is 0 Å². The van der Waals surface area contributed by atoms with Gasteiger partial charge in [-0.25, -0.2) is 13.1 Å². The Morgan fingerprint density at radius 3 is 2.48 bits per heavy atom. The third-order valence-electron chi connectivity index (χ3n) is 3.02. The molecule has 0 aliphatic carbocycles. The normalized spacial score (nSPS) is 12.4.